The molecule has 0 spiro atoms. The minimum Gasteiger partial charge on any atom is -0.494 e. The molecule has 2 rings (SSSR count). The van der Waals surface area contributed by atoms with E-state index in [0.29, 0.717) is 18.9 Å². The van der Waals surface area contributed by atoms with Crippen LogP contribution < -0.4 is 9.46 Å². The number of aryl methyl sites for hydroxylation is 1. The first-order valence-electron chi connectivity index (χ1n) is 7.14. The molecule has 1 N–H and O–H groups in total. The van der Waals surface area contributed by atoms with E-state index in [1.165, 1.54) is 0 Å². The van der Waals surface area contributed by atoms with Crippen molar-refractivity contribution in [2.24, 2.45) is 0 Å². The second-order valence-electron chi connectivity index (χ2n) is 5.14. The lowest BCUT2D eigenvalue weighted by Gasteiger charge is -2.15. The van der Waals surface area contributed by atoms with Crippen molar-refractivity contribution in [2.45, 2.75) is 38.3 Å². The highest BCUT2D eigenvalue weighted by Crippen LogP contribution is 2.21. The molecule has 0 aliphatic rings. The first kappa shape index (κ1) is 16.5. The van der Waals surface area contributed by atoms with Crippen LogP contribution in [0.3, 0.4) is 0 Å². The van der Waals surface area contributed by atoms with Crippen molar-refractivity contribution < 1.29 is 13.2 Å². The highest BCUT2D eigenvalue weighted by molar-refractivity contribution is 7.89. The van der Waals surface area contributed by atoms with Crippen molar-refractivity contribution in [3.05, 3.63) is 42.5 Å². The molecule has 1 unspecified atom stereocenters. The van der Waals surface area contributed by atoms with E-state index in [-0.39, 0.29) is 10.9 Å². The van der Waals surface area contributed by atoms with E-state index in [1.54, 1.807) is 36.9 Å². The van der Waals surface area contributed by atoms with Crippen LogP contribution in [0.4, 0.5) is 0 Å². The van der Waals surface area contributed by atoms with Gasteiger partial charge < -0.3 is 9.30 Å². The van der Waals surface area contributed by atoms with Gasteiger partial charge in [-0.15, -0.1) is 0 Å². The van der Waals surface area contributed by atoms with Gasteiger partial charge in [-0.2, -0.15) is 0 Å². The van der Waals surface area contributed by atoms with Gasteiger partial charge in [0.1, 0.15) is 5.75 Å². The Morgan fingerprint density at radius 3 is 2.77 bits per heavy atom. The lowest BCUT2D eigenvalue weighted by molar-refractivity contribution is 0.337. The average molecular weight is 323 g/mol. The van der Waals surface area contributed by atoms with Crippen LogP contribution >= 0.6 is 0 Å². The van der Waals surface area contributed by atoms with Crippen LogP contribution in [0.1, 0.15) is 19.4 Å². The van der Waals surface area contributed by atoms with Gasteiger partial charge in [-0.3, -0.25) is 0 Å². The van der Waals surface area contributed by atoms with Crippen LogP contribution in [0.2, 0.25) is 0 Å². The number of nitrogens with one attached hydrogen (secondary N) is 1. The number of hydrogen-bond acceptors (Lipinski definition) is 4. The monoisotopic (exact) mass is 323 g/mol. The van der Waals surface area contributed by atoms with E-state index >= 15 is 0 Å². The second kappa shape index (κ2) is 6.93. The Hall–Kier alpha value is -1.86. The van der Waals surface area contributed by atoms with Gasteiger partial charge in [0.05, 0.1) is 17.8 Å². The Bertz CT molecular complexity index is 712. The fraction of sp³-hybridized carbons (Fsp3) is 0.400. The summed E-state index contributed by atoms with van der Waals surface area (Å²) in [6.45, 7) is 6.61. The van der Waals surface area contributed by atoms with Crippen LogP contribution in [-0.4, -0.2) is 30.6 Å². The third-order valence-electron chi connectivity index (χ3n) is 3.16. The van der Waals surface area contributed by atoms with Crippen molar-refractivity contribution in [1.29, 1.82) is 0 Å². The van der Waals surface area contributed by atoms with Crippen molar-refractivity contribution in [3.63, 3.8) is 0 Å². The topological polar surface area (TPSA) is 73.2 Å². The quantitative estimate of drug-likeness (QED) is 0.845. The molecule has 2 aromatic rings. The zero-order valence-electron chi connectivity index (χ0n) is 13.0. The zero-order valence-corrected chi connectivity index (χ0v) is 13.8. The van der Waals surface area contributed by atoms with E-state index in [4.69, 9.17) is 4.74 Å². The number of ether oxygens (including phenoxy) is 1. The number of rotatable bonds is 7. The van der Waals surface area contributed by atoms with Crippen molar-refractivity contribution in [3.8, 4) is 5.75 Å². The van der Waals surface area contributed by atoms with E-state index in [9.17, 15) is 8.42 Å². The van der Waals surface area contributed by atoms with Gasteiger partial charge in [0.15, 0.2) is 0 Å². The molecule has 0 aliphatic carbocycles. The fourth-order valence-electron chi connectivity index (χ4n) is 2.19. The average Bonchev–Trinajstić information content (AvgIpc) is 2.93. The predicted octanol–water partition coefficient (Wildman–Crippen LogP) is 1.96. The molecule has 0 amide bonds. The summed E-state index contributed by atoms with van der Waals surface area (Å²) < 4.78 is 34.8. The molecule has 1 aromatic heterocycles. The molecule has 1 heterocycles. The largest absolute Gasteiger partial charge is 0.494 e. The molecular weight excluding hydrogens is 302 g/mol. The summed E-state index contributed by atoms with van der Waals surface area (Å²) >= 11 is 0. The summed E-state index contributed by atoms with van der Waals surface area (Å²) in [6.07, 6.45) is 5.12. The lowest BCUT2D eigenvalue weighted by atomic mass is 10.2. The molecule has 0 radical (unpaired) electrons. The molecule has 120 valence electrons. The van der Waals surface area contributed by atoms with Crippen molar-refractivity contribution >= 4 is 10.0 Å². The van der Waals surface area contributed by atoms with Crippen molar-refractivity contribution in [1.82, 2.24) is 14.3 Å². The molecule has 6 nitrogen and oxygen atoms in total. The van der Waals surface area contributed by atoms with Crippen LogP contribution in [-0.2, 0) is 16.6 Å². The Kier molecular flexibility index (Phi) is 5.20. The van der Waals surface area contributed by atoms with Gasteiger partial charge in [-0.25, -0.2) is 18.1 Å². The molecule has 0 saturated carbocycles. The molecule has 0 saturated heterocycles. The molecule has 22 heavy (non-hydrogen) atoms. The number of nitrogens with zero attached hydrogens (tertiary/aromatic N) is 2. The lowest BCUT2D eigenvalue weighted by Crippen LogP contribution is -2.35. The normalized spacial score (nSPS) is 13.0. The van der Waals surface area contributed by atoms with Gasteiger partial charge in [0, 0.05) is 25.0 Å². The van der Waals surface area contributed by atoms with E-state index in [0.717, 1.165) is 5.56 Å². The Morgan fingerprint density at radius 2 is 2.18 bits per heavy atom. The van der Waals surface area contributed by atoms with E-state index < -0.39 is 10.0 Å². The third-order valence-corrected chi connectivity index (χ3v) is 4.74. The standard InChI is InChI=1S/C15H21N3O3S/c1-4-21-15-6-5-14(9-12(15)2)22(19,20)17-13(3)10-18-8-7-16-11-18/h5-9,11,13,17H,4,10H2,1-3H3. The molecule has 7 heteroatoms. The Labute approximate surface area is 131 Å². The smallest absolute Gasteiger partial charge is 0.240 e. The Balaban J connectivity index is 2.11. The summed E-state index contributed by atoms with van der Waals surface area (Å²) in [5, 5.41) is 0. The number of aromatic nitrogens is 2. The summed E-state index contributed by atoms with van der Waals surface area (Å²) in [7, 11) is -3.56. The zero-order chi connectivity index (χ0) is 16.2. The maximum absolute atomic E-state index is 12.4. The molecular formula is C15H21N3O3S. The summed E-state index contributed by atoms with van der Waals surface area (Å²) in [4.78, 5) is 4.18. The number of imidazole rings is 1. The minimum absolute atomic E-state index is 0.242. The van der Waals surface area contributed by atoms with E-state index in [2.05, 4.69) is 9.71 Å². The summed E-state index contributed by atoms with van der Waals surface area (Å²) in [6, 6.07) is 4.63. The minimum atomic E-state index is -3.56. The van der Waals surface area contributed by atoms with Crippen molar-refractivity contribution in [2.75, 3.05) is 6.61 Å². The van der Waals surface area contributed by atoms with Crippen LogP contribution in [0.15, 0.2) is 41.8 Å². The molecule has 1 atom stereocenters. The van der Waals surface area contributed by atoms with Gasteiger partial charge in [-0.1, -0.05) is 0 Å². The molecule has 1 aromatic carbocycles. The van der Waals surface area contributed by atoms with Crippen LogP contribution in [0, 0.1) is 6.92 Å². The molecule has 0 bridgehead atoms. The van der Waals surface area contributed by atoms with Crippen LogP contribution in [0.5, 0.6) is 5.75 Å². The van der Waals surface area contributed by atoms with Gasteiger partial charge in [0.2, 0.25) is 10.0 Å². The Morgan fingerprint density at radius 1 is 1.41 bits per heavy atom. The van der Waals surface area contributed by atoms with Gasteiger partial charge in [0.25, 0.3) is 0 Å². The van der Waals surface area contributed by atoms with E-state index in [1.807, 2.05) is 25.3 Å². The fourth-order valence-corrected chi connectivity index (χ4v) is 3.51. The first-order chi connectivity index (χ1) is 10.4. The molecule has 0 aliphatic heterocycles. The third kappa shape index (κ3) is 4.08. The second-order valence-corrected chi connectivity index (χ2v) is 6.86. The van der Waals surface area contributed by atoms with Gasteiger partial charge in [-0.05, 0) is 44.5 Å². The molecule has 0 fully saturated rings. The number of hydrogen-bond donors (Lipinski definition) is 1. The van der Waals surface area contributed by atoms with Gasteiger partial charge >= 0.3 is 0 Å². The highest BCUT2D eigenvalue weighted by Gasteiger charge is 2.18. The van der Waals surface area contributed by atoms with Crippen LogP contribution in [0.25, 0.3) is 0 Å². The number of sulfonamides is 1. The maximum Gasteiger partial charge on any atom is 0.240 e. The first-order valence-corrected chi connectivity index (χ1v) is 8.62. The maximum atomic E-state index is 12.4. The SMILES string of the molecule is CCOc1ccc(S(=O)(=O)NC(C)Cn2ccnc2)cc1C. The summed E-state index contributed by atoms with van der Waals surface area (Å²) in [5.74, 6) is 0.702. The summed E-state index contributed by atoms with van der Waals surface area (Å²) in [5.41, 5.74) is 0.798. The highest BCUT2D eigenvalue weighted by atomic mass is 32.2. The number of benzene rings is 1. The predicted molar refractivity (Wildman–Crippen MR) is 84.4 cm³/mol.